The Morgan fingerprint density at radius 1 is 1.57 bits per heavy atom. The van der Waals surface area contributed by atoms with Gasteiger partial charge in [-0.25, -0.2) is 0 Å². The van der Waals surface area contributed by atoms with E-state index < -0.39 is 4.92 Å². The first kappa shape index (κ1) is 10.7. The summed E-state index contributed by atoms with van der Waals surface area (Å²) in [5, 5.41) is 13.6. The van der Waals surface area contributed by atoms with Gasteiger partial charge in [-0.3, -0.25) is 10.1 Å². The molecule has 0 bridgehead atoms. The number of hydrogen-bond acceptors (Lipinski definition) is 4. The van der Waals surface area contributed by atoms with E-state index in [1.807, 2.05) is 0 Å². The van der Waals surface area contributed by atoms with Gasteiger partial charge in [0.15, 0.2) is 0 Å². The quantitative estimate of drug-likeness (QED) is 0.591. The SMILES string of the molecule is NCCNc1cccc(Cl)c1[N+](=O)[O-]. The molecule has 0 aromatic heterocycles. The summed E-state index contributed by atoms with van der Waals surface area (Å²) in [6.07, 6.45) is 0. The normalized spacial score (nSPS) is 9.86. The van der Waals surface area contributed by atoms with Gasteiger partial charge in [0.2, 0.25) is 0 Å². The van der Waals surface area contributed by atoms with E-state index in [1.54, 1.807) is 12.1 Å². The van der Waals surface area contributed by atoms with Crippen LogP contribution in [-0.2, 0) is 0 Å². The van der Waals surface area contributed by atoms with Gasteiger partial charge in [0, 0.05) is 13.1 Å². The molecule has 0 amide bonds. The van der Waals surface area contributed by atoms with Crippen LogP contribution in [0, 0.1) is 10.1 Å². The van der Waals surface area contributed by atoms with Crippen molar-refractivity contribution in [1.82, 2.24) is 0 Å². The zero-order valence-electron chi connectivity index (χ0n) is 7.37. The number of benzene rings is 1. The highest BCUT2D eigenvalue weighted by Gasteiger charge is 2.17. The summed E-state index contributed by atoms with van der Waals surface area (Å²) in [6.45, 7) is 0.880. The number of nitro benzene ring substituents is 1. The fourth-order valence-electron chi connectivity index (χ4n) is 1.05. The fraction of sp³-hybridized carbons (Fsp3) is 0.250. The number of nitro groups is 1. The Kier molecular flexibility index (Phi) is 3.67. The van der Waals surface area contributed by atoms with Gasteiger partial charge >= 0.3 is 5.69 Å². The number of halogens is 1. The zero-order valence-corrected chi connectivity index (χ0v) is 8.12. The lowest BCUT2D eigenvalue weighted by atomic mass is 10.2. The second-order valence-corrected chi connectivity index (χ2v) is 3.02. The standard InChI is InChI=1S/C8H10ClN3O2/c9-6-2-1-3-7(11-5-4-10)8(6)12(13)14/h1-3,11H,4-5,10H2. The van der Waals surface area contributed by atoms with Crippen molar-refractivity contribution >= 4 is 23.0 Å². The van der Waals surface area contributed by atoms with E-state index in [1.165, 1.54) is 6.07 Å². The van der Waals surface area contributed by atoms with Crippen molar-refractivity contribution in [3.8, 4) is 0 Å². The minimum Gasteiger partial charge on any atom is -0.378 e. The van der Waals surface area contributed by atoms with E-state index in [9.17, 15) is 10.1 Å². The van der Waals surface area contributed by atoms with Crippen molar-refractivity contribution in [2.24, 2.45) is 5.73 Å². The third-order valence-corrected chi connectivity index (χ3v) is 1.93. The van der Waals surface area contributed by atoms with Gasteiger partial charge in [-0.1, -0.05) is 17.7 Å². The fourth-order valence-corrected chi connectivity index (χ4v) is 1.29. The van der Waals surface area contributed by atoms with Crippen LogP contribution >= 0.6 is 11.6 Å². The Bertz CT molecular complexity index is 343. The van der Waals surface area contributed by atoms with Crippen molar-refractivity contribution < 1.29 is 4.92 Å². The Hall–Kier alpha value is -1.33. The van der Waals surface area contributed by atoms with Crippen LogP contribution in [0.2, 0.25) is 5.02 Å². The average molecular weight is 216 g/mol. The largest absolute Gasteiger partial charge is 0.378 e. The molecular formula is C8H10ClN3O2. The summed E-state index contributed by atoms with van der Waals surface area (Å²) in [4.78, 5) is 10.1. The first-order chi connectivity index (χ1) is 6.66. The zero-order chi connectivity index (χ0) is 10.6. The number of para-hydroxylation sites is 1. The number of rotatable bonds is 4. The van der Waals surface area contributed by atoms with Crippen LogP contribution in [0.4, 0.5) is 11.4 Å². The highest BCUT2D eigenvalue weighted by Crippen LogP contribution is 2.31. The van der Waals surface area contributed by atoms with Crippen LogP contribution in [0.1, 0.15) is 0 Å². The Morgan fingerprint density at radius 3 is 2.86 bits per heavy atom. The Balaban J connectivity index is 3.02. The summed E-state index contributed by atoms with van der Waals surface area (Å²) in [6, 6.07) is 4.72. The van der Waals surface area contributed by atoms with Gasteiger partial charge in [-0.15, -0.1) is 0 Å². The molecule has 0 saturated carbocycles. The van der Waals surface area contributed by atoms with Crippen LogP contribution in [0.3, 0.4) is 0 Å². The van der Waals surface area contributed by atoms with Crippen molar-refractivity contribution in [3.63, 3.8) is 0 Å². The summed E-state index contributed by atoms with van der Waals surface area (Å²) >= 11 is 5.69. The molecule has 1 aromatic carbocycles. The highest BCUT2D eigenvalue weighted by atomic mass is 35.5. The molecule has 5 nitrogen and oxygen atoms in total. The summed E-state index contributed by atoms with van der Waals surface area (Å²) in [5.41, 5.74) is 5.56. The van der Waals surface area contributed by atoms with Gasteiger partial charge in [0.05, 0.1) is 4.92 Å². The average Bonchev–Trinajstić information content (AvgIpc) is 2.14. The first-order valence-corrected chi connectivity index (χ1v) is 4.41. The lowest BCUT2D eigenvalue weighted by molar-refractivity contribution is -0.383. The van der Waals surface area contributed by atoms with Crippen LogP contribution < -0.4 is 11.1 Å². The minimum atomic E-state index is -0.513. The van der Waals surface area contributed by atoms with Crippen LogP contribution in [0.5, 0.6) is 0 Å². The molecule has 0 spiro atoms. The van der Waals surface area contributed by atoms with E-state index in [0.29, 0.717) is 18.8 Å². The molecule has 0 radical (unpaired) electrons. The number of nitrogens with zero attached hydrogens (tertiary/aromatic N) is 1. The second kappa shape index (κ2) is 4.78. The van der Waals surface area contributed by atoms with Gasteiger partial charge in [-0.2, -0.15) is 0 Å². The Morgan fingerprint density at radius 2 is 2.29 bits per heavy atom. The van der Waals surface area contributed by atoms with E-state index in [4.69, 9.17) is 17.3 Å². The third-order valence-electron chi connectivity index (χ3n) is 1.63. The smallest absolute Gasteiger partial charge is 0.310 e. The van der Waals surface area contributed by atoms with Crippen molar-refractivity contribution in [3.05, 3.63) is 33.3 Å². The molecule has 1 rings (SSSR count). The predicted octanol–water partition coefficient (Wildman–Crippen LogP) is 1.62. The summed E-state index contributed by atoms with van der Waals surface area (Å²) in [5.74, 6) is 0. The van der Waals surface area contributed by atoms with E-state index in [-0.39, 0.29) is 10.7 Å². The maximum Gasteiger partial charge on any atom is 0.310 e. The van der Waals surface area contributed by atoms with Gasteiger partial charge in [0.1, 0.15) is 10.7 Å². The van der Waals surface area contributed by atoms with Crippen LogP contribution in [0.25, 0.3) is 0 Å². The molecule has 76 valence electrons. The van der Waals surface area contributed by atoms with Crippen LogP contribution in [-0.4, -0.2) is 18.0 Å². The second-order valence-electron chi connectivity index (χ2n) is 2.61. The third kappa shape index (κ3) is 2.34. The molecule has 14 heavy (non-hydrogen) atoms. The Labute approximate surface area is 86.0 Å². The summed E-state index contributed by atoms with van der Waals surface area (Å²) in [7, 11) is 0. The van der Waals surface area contributed by atoms with E-state index in [2.05, 4.69) is 5.32 Å². The van der Waals surface area contributed by atoms with Crippen LogP contribution in [0.15, 0.2) is 18.2 Å². The molecule has 0 heterocycles. The number of anilines is 1. The maximum absolute atomic E-state index is 10.7. The van der Waals surface area contributed by atoms with E-state index >= 15 is 0 Å². The molecular weight excluding hydrogens is 206 g/mol. The maximum atomic E-state index is 10.7. The molecule has 0 atom stereocenters. The number of hydrogen-bond donors (Lipinski definition) is 2. The molecule has 0 fully saturated rings. The topological polar surface area (TPSA) is 81.2 Å². The van der Waals surface area contributed by atoms with E-state index in [0.717, 1.165) is 0 Å². The summed E-state index contributed by atoms with van der Waals surface area (Å²) < 4.78 is 0. The molecule has 6 heteroatoms. The molecule has 0 aliphatic carbocycles. The molecule has 0 unspecified atom stereocenters. The van der Waals surface area contributed by atoms with Crippen molar-refractivity contribution in [2.75, 3.05) is 18.4 Å². The highest BCUT2D eigenvalue weighted by molar-refractivity contribution is 6.33. The molecule has 0 saturated heterocycles. The molecule has 1 aromatic rings. The van der Waals surface area contributed by atoms with Gasteiger partial charge in [0.25, 0.3) is 0 Å². The molecule has 3 N–H and O–H groups in total. The molecule has 0 aliphatic heterocycles. The number of nitrogens with one attached hydrogen (secondary N) is 1. The monoisotopic (exact) mass is 215 g/mol. The first-order valence-electron chi connectivity index (χ1n) is 4.03. The lowest BCUT2D eigenvalue weighted by Gasteiger charge is -2.05. The minimum absolute atomic E-state index is 0.109. The van der Waals surface area contributed by atoms with Crippen molar-refractivity contribution in [2.45, 2.75) is 0 Å². The van der Waals surface area contributed by atoms with Crippen molar-refractivity contribution in [1.29, 1.82) is 0 Å². The molecule has 0 aliphatic rings. The van der Waals surface area contributed by atoms with Gasteiger partial charge in [-0.05, 0) is 12.1 Å². The lowest BCUT2D eigenvalue weighted by Crippen LogP contribution is -2.14. The number of nitrogens with two attached hydrogens (primary N) is 1. The van der Waals surface area contributed by atoms with Gasteiger partial charge < -0.3 is 11.1 Å². The predicted molar refractivity (Wildman–Crippen MR) is 55.7 cm³/mol.